The average molecular weight is 504 g/mol. The lowest BCUT2D eigenvalue weighted by molar-refractivity contribution is -0.133. The molecule has 3 aromatic rings. The molecule has 0 spiro atoms. The fourth-order valence-electron chi connectivity index (χ4n) is 3.04. The SMILES string of the molecule is C.C[C@@H](O)[C@H](NC(=O)c1ccc(C#Cc2ccc(NC(=O)CNc3cccnc3)cc2)cc1)C(=O)NO. The Morgan fingerprint density at radius 3 is 2.11 bits per heavy atom. The van der Waals surface area contributed by atoms with Crippen molar-refractivity contribution in [3.63, 3.8) is 0 Å². The quantitative estimate of drug-likeness (QED) is 0.156. The fraction of sp³-hybridized carbons (Fsp3) is 0.185. The van der Waals surface area contributed by atoms with E-state index in [4.69, 9.17) is 5.21 Å². The van der Waals surface area contributed by atoms with Gasteiger partial charge in [-0.2, -0.15) is 0 Å². The number of anilines is 2. The maximum absolute atomic E-state index is 12.3. The van der Waals surface area contributed by atoms with Crippen LogP contribution in [0.2, 0.25) is 0 Å². The van der Waals surface area contributed by atoms with Gasteiger partial charge in [0.05, 0.1) is 18.3 Å². The molecule has 0 unspecified atom stereocenters. The molecule has 0 aliphatic heterocycles. The van der Waals surface area contributed by atoms with Crippen LogP contribution in [0.1, 0.15) is 35.8 Å². The van der Waals surface area contributed by atoms with Gasteiger partial charge in [0.15, 0.2) is 0 Å². The van der Waals surface area contributed by atoms with Crippen LogP contribution >= 0.6 is 0 Å². The number of hydrogen-bond acceptors (Lipinski definition) is 7. The minimum absolute atomic E-state index is 0. The molecule has 0 aliphatic rings. The Hall–Kier alpha value is -4.72. The van der Waals surface area contributed by atoms with E-state index < -0.39 is 24.0 Å². The zero-order chi connectivity index (χ0) is 25.9. The molecule has 0 radical (unpaired) electrons. The van der Waals surface area contributed by atoms with E-state index in [2.05, 4.69) is 32.8 Å². The molecule has 37 heavy (non-hydrogen) atoms. The highest BCUT2D eigenvalue weighted by Gasteiger charge is 2.25. The van der Waals surface area contributed by atoms with Gasteiger partial charge in [0, 0.05) is 34.8 Å². The number of aliphatic hydroxyl groups is 1. The number of hydrogen-bond donors (Lipinski definition) is 6. The van der Waals surface area contributed by atoms with Crippen molar-refractivity contribution in [1.29, 1.82) is 0 Å². The molecule has 0 saturated carbocycles. The molecule has 10 nitrogen and oxygen atoms in total. The van der Waals surface area contributed by atoms with Crippen LogP contribution in [0.15, 0.2) is 73.1 Å². The third kappa shape index (κ3) is 8.78. The maximum Gasteiger partial charge on any atom is 0.268 e. The van der Waals surface area contributed by atoms with E-state index in [1.165, 1.54) is 24.5 Å². The Morgan fingerprint density at radius 2 is 1.57 bits per heavy atom. The zero-order valence-corrected chi connectivity index (χ0v) is 19.4. The van der Waals surface area contributed by atoms with Crippen LogP contribution in [0.5, 0.6) is 0 Å². The van der Waals surface area contributed by atoms with E-state index in [9.17, 15) is 19.5 Å². The van der Waals surface area contributed by atoms with Gasteiger partial charge >= 0.3 is 0 Å². The second kappa shape index (κ2) is 14.0. The van der Waals surface area contributed by atoms with E-state index in [1.54, 1.807) is 54.9 Å². The van der Waals surface area contributed by atoms with Gasteiger partial charge in [0.25, 0.3) is 11.8 Å². The Kier molecular flexibility index (Phi) is 10.8. The highest BCUT2D eigenvalue weighted by Crippen LogP contribution is 2.10. The smallest absolute Gasteiger partial charge is 0.268 e. The summed E-state index contributed by atoms with van der Waals surface area (Å²) in [5, 5.41) is 26.5. The Morgan fingerprint density at radius 1 is 0.946 bits per heavy atom. The van der Waals surface area contributed by atoms with Gasteiger partial charge in [-0.25, -0.2) is 5.48 Å². The number of nitrogens with zero attached hydrogens (tertiary/aromatic N) is 1. The molecular weight excluding hydrogens is 474 g/mol. The number of amides is 3. The van der Waals surface area contributed by atoms with Crippen molar-refractivity contribution in [2.75, 3.05) is 17.2 Å². The molecule has 0 aliphatic carbocycles. The first-order valence-electron chi connectivity index (χ1n) is 10.9. The molecule has 0 fully saturated rings. The number of rotatable bonds is 8. The summed E-state index contributed by atoms with van der Waals surface area (Å²) in [6.07, 6.45) is 2.09. The van der Waals surface area contributed by atoms with Crippen LogP contribution in [-0.2, 0) is 9.59 Å². The number of hydroxylamine groups is 1. The van der Waals surface area contributed by atoms with Crippen LogP contribution in [0, 0.1) is 11.8 Å². The lowest BCUT2D eigenvalue weighted by Gasteiger charge is -2.19. The minimum Gasteiger partial charge on any atom is -0.391 e. The standard InChI is InChI=1S/C26H25N5O5.CH4/c1-17(32)24(26(35)31-36)30-25(34)20-10-6-18(7-11-20)4-5-19-8-12-21(13-9-19)29-23(33)16-28-22-3-2-14-27-15-22;/h2-3,6-15,17,24,28,32,36H,16H2,1H3,(H,29,33)(H,30,34)(H,31,35);1H4/t17-,24+;/m1./s1. The summed E-state index contributed by atoms with van der Waals surface area (Å²) in [5.74, 6) is 4.30. The van der Waals surface area contributed by atoms with Gasteiger partial charge in [-0.3, -0.25) is 24.6 Å². The summed E-state index contributed by atoms with van der Waals surface area (Å²) in [6.45, 7) is 1.43. The van der Waals surface area contributed by atoms with Crippen LogP contribution < -0.4 is 21.4 Å². The number of carbonyl (C=O) groups excluding carboxylic acids is 3. The number of aromatic nitrogens is 1. The summed E-state index contributed by atoms with van der Waals surface area (Å²) in [5.41, 5.74) is 4.46. The van der Waals surface area contributed by atoms with Crippen molar-refractivity contribution in [3.05, 3.63) is 89.7 Å². The van der Waals surface area contributed by atoms with Crippen molar-refractivity contribution >= 4 is 29.1 Å². The summed E-state index contributed by atoms with van der Waals surface area (Å²) in [7, 11) is 0. The van der Waals surface area contributed by atoms with Gasteiger partial charge in [-0.1, -0.05) is 19.3 Å². The first kappa shape index (κ1) is 28.5. The number of aliphatic hydroxyl groups excluding tert-OH is 1. The molecule has 0 bridgehead atoms. The second-order valence-corrected chi connectivity index (χ2v) is 7.72. The Bertz CT molecular complexity index is 1250. The first-order chi connectivity index (χ1) is 17.4. The van der Waals surface area contributed by atoms with Crippen molar-refractivity contribution in [2.24, 2.45) is 0 Å². The molecule has 1 heterocycles. The molecule has 3 rings (SSSR count). The van der Waals surface area contributed by atoms with Crippen molar-refractivity contribution in [2.45, 2.75) is 26.5 Å². The summed E-state index contributed by atoms with van der Waals surface area (Å²) in [4.78, 5) is 40.0. The number of benzene rings is 2. The molecule has 192 valence electrons. The van der Waals surface area contributed by atoms with Crippen LogP contribution in [0.25, 0.3) is 0 Å². The van der Waals surface area contributed by atoms with Gasteiger partial charge in [-0.05, 0) is 67.6 Å². The molecule has 2 aromatic carbocycles. The molecule has 1 aromatic heterocycles. The predicted molar refractivity (Wildman–Crippen MR) is 140 cm³/mol. The Labute approximate surface area is 215 Å². The largest absolute Gasteiger partial charge is 0.391 e. The van der Waals surface area contributed by atoms with Gasteiger partial charge in [0.2, 0.25) is 5.91 Å². The lowest BCUT2D eigenvalue weighted by atomic mass is 10.1. The second-order valence-electron chi connectivity index (χ2n) is 7.72. The van der Waals surface area contributed by atoms with E-state index in [-0.39, 0.29) is 25.4 Å². The van der Waals surface area contributed by atoms with Crippen LogP contribution in [-0.4, -0.2) is 51.7 Å². The summed E-state index contributed by atoms with van der Waals surface area (Å²) < 4.78 is 0. The summed E-state index contributed by atoms with van der Waals surface area (Å²) >= 11 is 0. The highest BCUT2D eigenvalue weighted by atomic mass is 16.5. The first-order valence-corrected chi connectivity index (χ1v) is 10.9. The monoisotopic (exact) mass is 503 g/mol. The van der Waals surface area contributed by atoms with Gasteiger partial charge in [0.1, 0.15) is 6.04 Å². The predicted octanol–water partition coefficient (Wildman–Crippen LogP) is 2.15. The topological polar surface area (TPSA) is 153 Å². The van der Waals surface area contributed by atoms with E-state index in [0.29, 0.717) is 11.3 Å². The minimum atomic E-state index is -1.30. The molecule has 6 N–H and O–H groups in total. The van der Waals surface area contributed by atoms with Gasteiger partial charge < -0.3 is 21.1 Å². The maximum atomic E-state index is 12.3. The fourth-order valence-corrected chi connectivity index (χ4v) is 3.04. The molecule has 3 amide bonds. The van der Waals surface area contributed by atoms with Crippen molar-refractivity contribution in [1.82, 2.24) is 15.8 Å². The van der Waals surface area contributed by atoms with Crippen LogP contribution in [0.3, 0.4) is 0 Å². The Balaban J connectivity index is 0.00000481. The number of pyridine rings is 1. The third-order valence-corrected chi connectivity index (χ3v) is 4.94. The average Bonchev–Trinajstić information content (AvgIpc) is 2.90. The van der Waals surface area contributed by atoms with Gasteiger partial charge in [-0.15, -0.1) is 0 Å². The van der Waals surface area contributed by atoms with Crippen LogP contribution in [0.4, 0.5) is 11.4 Å². The number of nitrogens with one attached hydrogen (secondary N) is 4. The van der Waals surface area contributed by atoms with E-state index >= 15 is 0 Å². The van der Waals surface area contributed by atoms with E-state index in [1.807, 2.05) is 6.07 Å². The lowest BCUT2D eigenvalue weighted by Crippen LogP contribution is -2.51. The highest BCUT2D eigenvalue weighted by molar-refractivity contribution is 5.97. The molecular formula is C27H29N5O5. The summed E-state index contributed by atoms with van der Waals surface area (Å²) in [6, 6.07) is 15.7. The van der Waals surface area contributed by atoms with E-state index in [0.717, 1.165) is 11.3 Å². The molecule has 2 atom stereocenters. The number of carbonyl (C=O) groups is 3. The van der Waals surface area contributed by atoms with Crippen molar-refractivity contribution < 1.29 is 24.7 Å². The molecule has 0 saturated heterocycles. The third-order valence-electron chi connectivity index (χ3n) is 4.94. The normalized spacial score (nSPS) is 11.4. The zero-order valence-electron chi connectivity index (χ0n) is 19.4. The molecule has 10 heteroatoms. The van der Waals surface area contributed by atoms with Crippen molar-refractivity contribution in [3.8, 4) is 11.8 Å².